The second-order valence-corrected chi connectivity index (χ2v) is 4.69. The maximum absolute atomic E-state index is 11.3. The van der Waals surface area contributed by atoms with Crippen molar-refractivity contribution in [2.45, 2.75) is 25.2 Å². The van der Waals surface area contributed by atoms with E-state index in [1.807, 2.05) is 6.07 Å². The van der Waals surface area contributed by atoms with Gasteiger partial charge < -0.3 is 5.32 Å². The topological polar surface area (TPSA) is 29.1 Å². The van der Waals surface area contributed by atoms with Crippen molar-refractivity contribution in [2.75, 3.05) is 13.1 Å². The fraction of sp³-hybridized carbons (Fsp3) is 0.462. The van der Waals surface area contributed by atoms with Crippen molar-refractivity contribution in [3.05, 3.63) is 34.9 Å². The molecule has 1 aromatic rings. The van der Waals surface area contributed by atoms with Crippen LogP contribution < -0.4 is 5.32 Å². The van der Waals surface area contributed by atoms with E-state index >= 15 is 0 Å². The van der Waals surface area contributed by atoms with Crippen LogP contribution in [0.1, 0.15) is 46.7 Å². The molecule has 0 spiro atoms. The second kappa shape index (κ2) is 3.17. The van der Waals surface area contributed by atoms with E-state index in [0.717, 1.165) is 18.7 Å². The van der Waals surface area contributed by atoms with Crippen LogP contribution in [-0.4, -0.2) is 18.9 Å². The quantitative estimate of drug-likeness (QED) is 0.705. The highest BCUT2D eigenvalue weighted by molar-refractivity contribution is 5.94. The number of rotatable bonds is 1. The molecule has 1 aromatic carbocycles. The van der Waals surface area contributed by atoms with Crippen molar-refractivity contribution < 1.29 is 4.79 Å². The monoisotopic (exact) mass is 201 g/mol. The molecule has 2 aliphatic rings. The fourth-order valence-electron chi connectivity index (χ4n) is 2.93. The Morgan fingerprint density at radius 1 is 1.27 bits per heavy atom. The lowest BCUT2D eigenvalue weighted by molar-refractivity contribution is 0.101. The summed E-state index contributed by atoms with van der Waals surface area (Å²) in [6.45, 7) is 3.81. The average Bonchev–Trinajstić information content (AvgIpc) is 2.51. The summed E-state index contributed by atoms with van der Waals surface area (Å²) in [5.41, 5.74) is 3.74. The molecule has 2 bridgehead atoms. The van der Waals surface area contributed by atoms with E-state index in [2.05, 4.69) is 17.4 Å². The molecule has 2 heteroatoms. The summed E-state index contributed by atoms with van der Waals surface area (Å²) in [6.07, 6.45) is 1.27. The minimum absolute atomic E-state index is 0.173. The third-order valence-corrected chi connectivity index (χ3v) is 3.72. The molecule has 15 heavy (non-hydrogen) atoms. The van der Waals surface area contributed by atoms with Gasteiger partial charge >= 0.3 is 0 Å². The summed E-state index contributed by atoms with van der Waals surface area (Å²) < 4.78 is 0. The van der Waals surface area contributed by atoms with Gasteiger partial charge in [0.1, 0.15) is 0 Å². The van der Waals surface area contributed by atoms with E-state index in [1.54, 1.807) is 6.92 Å². The number of hydrogen-bond donors (Lipinski definition) is 1. The molecule has 1 N–H and O–H groups in total. The lowest BCUT2D eigenvalue weighted by Gasteiger charge is -2.19. The Balaban J connectivity index is 2.10. The Morgan fingerprint density at radius 3 is 2.73 bits per heavy atom. The molecular weight excluding hydrogens is 186 g/mol. The molecule has 78 valence electrons. The Bertz CT molecular complexity index is 425. The van der Waals surface area contributed by atoms with Crippen molar-refractivity contribution in [1.29, 1.82) is 0 Å². The number of fused-ring (bicyclic) bond motifs is 5. The molecule has 1 saturated heterocycles. The third-order valence-electron chi connectivity index (χ3n) is 3.72. The van der Waals surface area contributed by atoms with Crippen molar-refractivity contribution in [3.63, 3.8) is 0 Å². The van der Waals surface area contributed by atoms with Crippen molar-refractivity contribution in [3.8, 4) is 0 Å². The normalized spacial score (nSPS) is 27.5. The summed E-state index contributed by atoms with van der Waals surface area (Å²) in [5, 5.41) is 3.46. The van der Waals surface area contributed by atoms with Gasteiger partial charge in [-0.05, 0) is 42.4 Å². The predicted octanol–water partition coefficient (Wildman–Crippen LogP) is 2.06. The molecule has 0 amide bonds. The number of carbonyl (C=O) groups excluding carboxylic acids is 1. The molecule has 2 atom stereocenters. The number of Topliss-reactive ketones (excluding diaryl/α,β-unsaturated/α-hetero) is 1. The molecule has 0 aromatic heterocycles. The van der Waals surface area contributed by atoms with Crippen molar-refractivity contribution >= 4 is 5.78 Å². The lowest BCUT2D eigenvalue weighted by atomic mass is 9.97. The van der Waals surface area contributed by atoms with E-state index in [-0.39, 0.29) is 5.78 Å². The number of ketones is 1. The summed E-state index contributed by atoms with van der Waals surface area (Å²) in [5.74, 6) is 1.49. The highest BCUT2D eigenvalue weighted by Crippen LogP contribution is 2.43. The van der Waals surface area contributed by atoms with Gasteiger partial charge in [-0.2, -0.15) is 0 Å². The van der Waals surface area contributed by atoms with E-state index < -0.39 is 0 Å². The first-order valence-electron chi connectivity index (χ1n) is 5.61. The highest BCUT2D eigenvalue weighted by Gasteiger charge is 2.34. The van der Waals surface area contributed by atoms with Crippen LogP contribution in [0, 0.1) is 0 Å². The Morgan fingerprint density at radius 2 is 2.00 bits per heavy atom. The molecule has 3 rings (SSSR count). The van der Waals surface area contributed by atoms with Gasteiger partial charge in [0.25, 0.3) is 0 Å². The average molecular weight is 201 g/mol. The SMILES string of the molecule is CC(=O)c1ccc2c(c1)C1CNCC2C1. The molecule has 1 aliphatic carbocycles. The summed E-state index contributed by atoms with van der Waals surface area (Å²) in [7, 11) is 0. The molecule has 1 fully saturated rings. The lowest BCUT2D eigenvalue weighted by Crippen LogP contribution is -2.28. The number of benzene rings is 1. The standard InChI is InChI=1S/C13H15NO/c1-8(15)9-2-3-12-10-4-11(7-14-6-10)13(12)5-9/h2-3,5,10-11,14H,4,6-7H2,1H3. The van der Waals surface area contributed by atoms with Gasteiger partial charge in [-0.1, -0.05) is 12.1 Å². The first-order valence-corrected chi connectivity index (χ1v) is 5.61. The van der Waals surface area contributed by atoms with Gasteiger partial charge in [0.2, 0.25) is 0 Å². The van der Waals surface area contributed by atoms with E-state index in [1.165, 1.54) is 17.5 Å². The zero-order valence-electron chi connectivity index (χ0n) is 8.92. The minimum atomic E-state index is 0.173. The Kier molecular flexibility index (Phi) is 1.93. The molecule has 0 radical (unpaired) electrons. The summed E-state index contributed by atoms with van der Waals surface area (Å²) >= 11 is 0. The smallest absolute Gasteiger partial charge is 0.159 e. The Hall–Kier alpha value is -1.15. The zero-order chi connectivity index (χ0) is 10.4. The van der Waals surface area contributed by atoms with Crippen LogP contribution in [0.5, 0.6) is 0 Å². The zero-order valence-corrected chi connectivity index (χ0v) is 8.92. The molecule has 0 saturated carbocycles. The van der Waals surface area contributed by atoms with Crippen LogP contribution in [0.15, 0.2) is 18.2 Å². The second-order valence-electron chi connectivity index (χ2n) is 4.69. The number of hydrogen-bond acceptors (Lipinski definition) is 2. The van der Waals surface area contributed by atoms with Crippen LogP contribution in [0.25, 0.3) is 0 Å². The predicted molar refractivity (Wildman–Crippen MR) is 59.4 cm³/mol. The molecule has 2 unspecified atom stereocenters. The van der Waals surface area contributed by atoms with Crippen molar-refractivity contribution in [1.82, 2.24) is 5.32 Å². The van der Waals surface area contributed by atoms with Gasteiger partial charge in [-0.15, -0.1) is 0 Å². The molecule has 2 nitrogen and oxygen atoms in total. The van der Waals surface area contributed by atoms with Crippen LogP contribution >= 0.6 is 0 Å². The van der Waals surface area contributed by atoms with Gasteiger partial charge in [0.15, 0.2) is 5.78 Å². The largest absolute Gasteiger partial charge is 0.316 e. The van der Waals surface area contributed by atoms with Crippen LogP contribution in [-0.2, 0) is 0 Å². The van der Waals surface area contributed by atoms with Gasteiger partial charge in [-0.3, -0.25) is 4.79 Å². The number of carbonyl (C=O) groups is 1. The summed E-state index contributed by atoms with van der Waals surface area (Å²) in [4.78, 5) is 11.3. The fourth-order valence-corrected chi connectivity index (χ4v) is 2.93. The summed E-state index contributed by atoms with van der Waals surface area (Å²) in [6, 6.07) is 6.24. The highest BCUT2D eigenvalue weighted by atomic mass is 16.1. The van der Waals surface area contributed by atoms with Gasteiger partial charge in [-0.25, -0.2) is 0 Å². The van der Waals surface area contributed by atoms with Crippen LogP contribution in [0.3, 0.4) is 0 Å². The van der Waals surface area contributed by atoms with E-state index in [4.69, 9.17) is 0 Å². The number of nitrogens with one attached hydrogen (secondary N) is 1. The van der Waals surface area contributed by atoms with Gasteiger partial charge in [0.05, 0.1) is 0 Å². The van der Waals surface area contributed by atoms with Crippen LogP contribution in [0.2, 0.25) is 0 Å². The molecular formula is C13H15NO. The third kappa shape index (κ3) is 1.32. The molecule has 1 aliphatic heterocycles. The van der Waals surface area contributed by atoms with Crippen molar-refractivity contribution in [2.24, 2.45) is 0 Å². The maximum atomic E-state index is 11.3. The van der Waals surface area contributed by atoms with E-state index in [9.17, 15) is 4.79 Å². The maximum Gasteiger partial charge on any atom is 0.159 e. The first-order chi connectivity index (χ1) is 7.25. The molecule has 1 heterocycles. The first kappa shape index (κ1) is 9.10. The van der Waals surface area contributed by atoms with E-state index in [0.29, 0.717) is 11.8 Å². The van der Waals surface area contributed by atoms with Gasteiger partial charge in [0, 0.05) is 18.7 Å². The Labute approximate surface area is 89.7 Å². The minimum Gasteiger partial charge on any atom is -0.316 e. The van der Waals surface area contributed by atoms with Crippen LogP contribution in [0.4, 0.5) is 0 Å². The number of piperidine rings is 1.